The number of hydrogen-bond acceptors (Lipinski definition) is 8. The summed E-state index contributed by atoms with van der Waals surface area (Å²) in [6.45, 7) is 1.97. The van der Waals surface area contributed by atoms with Gasteiger partial charge in [0.1, 0.15) is 4.92 Å². The topological polar surface area (TPSA) is 130 Å². The molecular weight excluding hydrogens is 420 g/mol. The Morgan fingerprint density at radius 1 is 1.19 bits per heavy atom. The van der Waals surface area contributed by atoms with Gasteiger partial charge in [-0.3, -0.25) is 19.7 Å². The minimum atomic E-state index is -0.713. The molecule has 0 spiro atoms. The van der Waals surface area contributed by atoms with Crippen LogP contribution in [0.4, 0.5) is 5.88 Å². The lowest BCUT2D eigenvalue weighted by Gasteiger charge is -2.23. The van der Waals surface area contributed by atoms with Gasteiger partial charge < -0.3 is 23.9 Å². The Kier molecular flexibility index (Phi) is 7.14. The third kappa shape index (κ3) is 4.90. The van der Waals surface area contributed by atoms with Gasteiger partial charge in [-0.15, -0.1) is 0 Å². The SMILES string of the molecule is CCOC(=O)[C@H](c1ccc(OC)c(OC)c1)[C@@H]1C=C[C@@H](NC(=O)c2ccc([N+](=O)[O-])o2)C1. The average molecular weight is 444 g/mol. The van der Waals surface area contributed by atoms with Crippen molar-refractivity contribution < 1.29 is 33.1 Å². The van der Waals surface area contributed by atoms with Gasteiger partial charge in [0.25, 0.3) is 5.91 Å². The van der Waals surface area contributed by atoms with Crippen LogP contribution in [0.25, 0.3) is 0 Å². The highest BCUT2D eigenvalue weighted by molar-refractivity contribution is 5.92. The Morgan fingerprint density at radius 3 is 2.56 bits per heavy atom. The molecule has 0 saturated heterocycles. The molecule has 1 aliphatic rings. The Balaban J connectivity index is 1.76. The van der Waals surface area contributed by atoms with Crippen molar-refractivity contribution >= 4 is 17.8 Å². The van der Waals surface area contributed by atoms with Gasteiger partial charge in [0, 0.05) is 6.04 Å². The van der Waals surface area contributed by atoms with E-state index in [-0.39, 0.29) is 30.3 Å². The quantitative estimate of drug-likeness (QED) is 0.270. The summed E-state index contributed by atoms with van der Waals surface area (Å²) in [5.41, 5.74) is 0.699. The second-order valence-electron chi connectivity index (χ2n) is 7.10. The summed E-state index contributed by atoms with van der Waals surface area (Å²) in [4.78, 5) is 35.2. The van der Waals surface area contributed by atoms with Crippen molar-refractivity contribution in [3.63, 3.8) is 0 Å². The molecule has 10 nitrogen and oxygen atoms in total. The fourth-order valence-electron chi connectivity index (χ4n) is 3.71. The first-order valence-electron chi connectivity index (χ1n) is 9.99. The summed E-state index contributed by atoms with van der Waals surface area (Å²) in [5, 5.41) is 13.5. The molecule has 0 bridgehead atoms. The third-order valence-corrected chi connectivity index (χ3v) is 5.16. The monoisotopic (exact) mass is 444 g/mol. The van der Waals surface area contributed by atoms with Gasteiger partial charge in [-0.1, -0.05) is 18.2 Å². The van der Waals surface area contributed by atoms with Crippen LogP contribution in [0.2, 0.25) is 0 Å². The van der Waals surface area contributed by atoms with Gasteiger partial charge in [-0.25, -0.2) is 0 Å². The molecule has 1 N–H and O–H groups in total. The molecule has 0 fully saturated rings. The van der Waals surface area contributed by atoms with Crippen LogP contribution in [-0.4, -0.2) is 43.7 Å². The van der Waals surface area contributed by atoms with E-state index in [2.05, 4.69) is 5.32 Å². The third-order valence-electron chi connectivity index (χ3n) is 5.16. The minimum Gasteiger partial charge on any atom is -0.493 e. The van der Waals surface area contributed by atoms with Crippen molar-refractivity contribution in [1.82, 2.24) is 5.32 Å². The van der Waals surface area contributed by atoms with E-state index < -0.39 is 22.6 Å². The van der Waals surface area contributed by atoms with Gasteiger partial charge >= 0.3 is 11.9 Å². The van der Waals surface area contributed by atoms with Crippen LogP contribution in [0.5, 0.6) is 11.5 Å². The molecule has 3 atom stereocenters. The number of nitrogens with zero attached hydrogens (tertiary/aromatic N) is 1. The van der Waals surface area contributed by atoms with E-state index in [1.54, 1.807) is 31.2 Å². The summed E-state index contributed by atoms with van der Waals surface area (Å²) in [6.07, 6.45) is 4.08. The molecule has 0 aliphatic heterocycles. The number of rotatable bonds is 9. The number of furan rings is 1. The lowest BCUT2D eigenvalue weighted by Crippen LogP contribution is -2.33. The molecule has 0 radical (unpaired) electrons. The normalized spacial score (nSPS) is 18.1. The number of nitrogens with one attached hydrogen (secondary N) is 1. The highest BCUT2D eigenvalue weighted by atomic mass is 16.6. The molecule has 170 valence electrons. The summed E-state index contributed by atoms with van der Waals surface area (Å²) < 4.78 is 20.9. The van der Waals surface area contributed by atoms with E-state index in [9.17, 15) is 19.7 Å². The number of methoxy groups -OCH3 is 2. The maximum Gasteiger partial charge on any atom is 0.433 e. The average Bonchev–Trinajstić information content (AvgIpc) is 3.44. The molecule has 0 unspecified atom stereocenters. The molecule has 0 saturated carbocycles. The number of nitro groups is 1. The molecule has 32 heavy (non-hydrogen) atoms. The number of allylic oxidation sites excluding steroid dienone is 1. The van der Waals surface area contributed by atoms with Crippen LogP contribution < -0.4 is 14.8 Å². The summed E-state index contributed by atoms with van der Waals surface area (Å²) in [5.74, 6) is -1.46. The molecule has 1 aromatic heterocycles. The lowest BCUT2D eigenvalue weighted by molar-refractivity contribution is -0.402. The molecular formula is C22H24N2O8. The molecule has 2 aromatic rings. The number of esters is 1. The Hall–Kier alpha value is -3.82. The van der Waals surface area contributed by atoms with Gasteiger partial charge in [0.05, 0.1) is 32.8 Å². The Labute approximate surface area is 184 Å². The first-order valence-corrected chi connectivity index (χ1v) is 9.99. The predicted octanol–water partition coefficient (Wildman–Crippen LogP) is 3.23. The second kappa shape index (κ2) is 9.99. The highest BCUT2D eigenvalue weighted by Gasteiger charge is 2.35. The number of ether oxygens (including phenoxy) is 3. The Morgan fingerprint density at radius 2 is 1.94 bits per heavy atom. The maximum absolute atomic E-state index is 12.8. The summed E-state index contributed by atoms with van der Waals surface area (Å²) >= 11 is 0. The zero-order chi connectivity index (χ0) is 23.3. The van der Waals surface area contributed by atoms with Crippen molar-refractivity contribution in [2.45, 2.75) is 25.3 Å². The van der Waals surface area contributed by atoms with E-state index in [4.69, 9.17) is 18.6 Å². The van der Waals surface area contributed by atoms with Crippen LogP contribution in [0.15, 0.2) is 46.9 Å². The maximum atomic E-state index is 12.8. The largest absolute Gasteiger partial charge is 0.493 e. The molecule has 10 heteroatoms. The van der Waals surface area contributed by atoms with Crippen LogP contribution in [0.3, 0.4) is 0 Å². The molecule has 1 aromatic carbocycles. The van der Waals surface area contributed by atoms with Crippen molar-refractivity contribution in [2.75, 3.05) is 20.8 Å². The van der Waals surface area contributed by atoms with Crippen LogP contribution in [-0.2, 0) is 9.53 Å². The van der Waals surface area contributed by atoms with Gasteiger partial charge in [-0.05, 0) is 43.0 Å². The first-order chi connectivity index (χ1) is 15.4. The van der Waals surface area contributed by atoms with E-state index in [0.717, 1.165) is 6.07 Å². The standard InChI is InChI=1S/C22H24N2O8/c1-4-31-22(26)20(14-6-8-16(29-2)18(12-14)30-3)13-5-7-15(11-13)23-21(25)17-9-10-19(32-17)24(27)28/h5-10,12-13,15,20H,4,11H2,1-3H3,(H,23,25)/t13-,15-,20+/m1/s1. The second-order valence-corrected chi connectivity index (χ2v) is 7.10. The van der Waals surface area contributed by atoms with Gasteiger partial charge in [0.2, 0.25) is 0 Å². The number of carbonyl (C=O) groups is 2. The van der Waals surface area contributed by atoms with E-state index in [1.165, 1.54) is 20.3 Å². The van der Waals surface area contributed by atoms with Crippen molar-refractivity contribution in [1.29, 1.82) is 0 Å². The van der Waals surface area contributed by atoms with E-state index >= 15 is 0 Å². The number of hydrogen-bond donors (Lipinski definition) is 1. The van der Waals surface area contributed by atoms with Crippen molar-refractivity contribution in [3.8, 4) is 11.5 Å². The fraction of sp³-hybridized carbons (Fsp3) is 0.364. The zero-order valence-corrected chi connectivity index (χ0v) is 17.9. The Bertz CT molecular complexity index is 1030. The van der Waals surface area contributed by atoms with Gasteiger partial charge in [-0.2, -0.15) is 0 Å². The first kappa shape index (κ1) is 22.9. The molecule has 3 rings (SSSR count). The number of benzene rings is 1. The number of carbonyl (C=O) groups excluding carboxylic acids is 2. The van der Waals surface area contributed by atoms with Crippen LogP contribution in [0, 0.1) is 16.0 Å². The minimum absolute atomic E-state index is 0.157. The number of amides is 1. The van der Waals surface area contributed by atoms with E-state index in [1.807, 2.05) is 6.08 Å². The fourth-order valence-corrected chi connectivity index (χ4v) is 3.71. The molecule has 1 heterocycles. The smallest absolute Gasteiger partial charge is 0.433 e. The molecule has 1 aliphatic carbocycles. The van der Waals surface area contributed by atoms with Crippen molar-refractivity contribution in [3.05, 3.63) is 63.9 Å². The van der Waals surface area contributed by atoms with Gasteiger partial charge in [0.15, 0.2) is 17.3 Å². The summed E-state index contributed by atoms with van der Waals surface area (Å²) in [7, 11) is 3.04. The zero-order valence-electron chi connectivity index (χ0n) is 17.9. The van der Waals surface area contributed by atoms with Crippen LogP contribution in [0.1, 0.15) is 35.4 Å². The van der Waals surface area contributed by atoms with Crippen LogP contribution >= 0.6 is 0 Å². The van der Waals surface area contributed by atoms with Crippen molar-refractivity contribution in [2.24, 2.45) is 5.92 Å². The lowest BCUT2D eigenvalue weighted by atomic mass is 9.85. The highest BCUT2D eigenvalue weighted by Crippen LogP contribution is 2.38. The summed E-state index contributed by atoms with van der Waals surface area (Å²) in [6, 6.07) is 7.23. The molecule has 1 amide bonds. The van der Waals surface area contributed by atoms with E-state index in [0.29, 0.717) is 23.5 Å². The predicted molar refractivity (Wildman–Crippen MR) is 113 cm³/mol.